The fraction of sp³-hybridized carbons (Fsp3) is 0.250. The van der Waals surface area contributed by atoms with Crippen molar-refractivity contribution >= 4 is 10.1 Å². The van der Waals surface area contributed by atoms with Crippen molar-refractivity contribution in [2.24, 2.45) is 0 Å². The summed E-state index contributed by atoms with van der Waals surface area (Å²) in [5.74, 6) is -0.234. The average molecular weight is 256 g/mol. The first-order valence-corrected chi connectivity index (χ1v) is 5.10. The van der Waals surface area contributed by atoms with Gasteiger partial charge < -0.3 is 14.4 Å². The summed E-state index contributed by atoms with van der Waals surface area (Å²) in [6.45, 7) is 1.45. The van der Waals surface area contributed by atoms with Crippen molar-refractivity contribution in [2.75, 3.05) is 7.11 Å². The summed E-state index contributed by atoms with van der Waals surface area (Å²) in [6, 6.07) is 2.18. The smallest absolute Gasteiger partial charge is 0.744 e. The van der Waals surface area contributed by atoms with Crippen LogP contribution < -0.4 is 56.1 Å². The molecule has 0 atom stereocenters. The molecule has 7 heteroatoms. The molecule has 1 rings (SSSR count). The molecule has 0 fully saturated rings. The van der Waals surface area contributed by atoms with E-state index in [0.717, 1.165) is 6.07 Å². The number of rotatable bonds is 2. The van der Waals surface area contributed by atoms with E-state index in [9.17, 15) is 18.1 Å². The largest absolute Gasteiger partial charge is 1.00 e. The van der Waals surface area contributed by atoms with Gasteiger partial charge >= 0.3 is 51.4 Å². The van der Waals surface area contributed by atoms with Gasteiger partial charge in [0.25, 0.3) is 0 Å². The number of phenolic OH excluding ortho intramolecular Hbond substituents is 1. The van der Waals surface area contributed by atoms with Crippen molar-refractivity contribution in [3.63, 3.8) is 0 Å². The van der Waals surface area contributed by atoms with E-state index >= 15 is 0 Å². The molecule has 1 aromatic carbocycles. The van der Waals surface area contributed by atoms with Gasteiger partial charge in [0.2, 0.25) is 0 Å². The molecule has 0 spiro atoms. The topological polar surface area (TPSA) is 86.7 Å². The van der Waals surface area contributed by atoms with Gasteiger partial charge in [0.1, 0.15) is 10.1 Å². The minimum Gasteiger partial charge on any atom is -0.744 e. The zero-order valence-corrected chi connectivity index (χ0v) is 12.6. The summed E-state index contributed by atoms with van der Waals surface area (Å²) in [7, 11) is -3.21. The first-order valence-electron chi connectivity index (χ1n) is 3.69. The summed E-state index contributed by atoms with van der Waals surface area (Å²) < 4.78 is 36.8. The van der Waals surface area contributed by atoms with E-state index in [-0.39, 0.29) is 68.4 Å². The van der Waals surface area contributed by atoms with Gasteiger partial charge in [-0.3, -0.25) is 0 Å². The first-order chi connectivity index (χ1) is 6.36. The Morgan fingerprint density at radius 1 is 1.40 bits per heavy atom. The third-order valence-electron chi connectivity index (χ3n) is 1.75. The van der Waals surface area contributed by atoms with Crippen molar-refractivity contribution in [3.05, 3.63) is 17.7 Å². The molecule has 78 valence electrons. The van der Waals surface area contributed by atoms with E-state index in [1.165, 1.54) is 20.1 Å². The maximum atomic E-state index is 10.7. The Labute approximate surface area is 131 Å². The van der Waals surface area contributed by atoms with Gasteiger partial charge in [-0.15, -0.1) is 0 Å². The predicted octanol–water partition coefficient (Wildman–Crippen LogP) is -2.38. The molecule has 1 N–H and O–H groups in total. The molecule has 1 aromatic rings. The molecule has 0 aromatic heterocycles. The van der Waals surface area contributed by atoms with Crippen LogP contribution in [-0.4, -0.2) is 25.2 Å². The fourth-order valence-electron chi connectivity index (χ4n) is 1.08. The second-order valence-electron chi connectivity index (χ2n) is 2.74. The summed E-state index contributed by atoms with van der Waals surface area (Å²) in [4.78, 5) is -0.434. The van der Waals surface area contributed by atoms with Crippen LogP contribution in [0, 0.1) is 6.92 Å². The van der Waals surface area contributed by atoms with Crippen LogP contribution in [-0.2, 0) is 10.1 Å². The Bertz CT molecular complexity index is 454. The standard InChI is InChI=1S/C8H10O5S.K/c1-5-3-7(13-2)6(9)4-8(5)14(10,11)12;/h3-4,9H,1-2H3,(H,10,11,12);/q;+1/p-1. The van der Waals surface area contributed by atoms with Gasteiger partial charge in [0.15, 0.2) is 11.5 Å². The van der Waals surface area contributed by atoms with E-state index in [2.05, 4.69) is 0 Å². The predicted molar refractivity (Wildman–Crippen MR) is 47.4 cm³/mol. The van der Waals surface area contributed by atoms with Gasteiger partial charge in [-0.2, -0.15) is 0 Å². The number of aryl methyl sites for hydroxylation is 1. The number of methoxy groups -OCH3 is 1. The normalized spacial score (nSPS) is 10.6. The molecular weight excluding hydrogens is 247 g/mol. The molecule has 5 nitrogen and oxygen atoms in total. The Morgan fingerprint density at radius 2 is 1.93 bits per heavy atom. The maximum absolute atomic E-state index is 10.7. The summed E-state index contributed by atoms with van der Waals surface area (Å²) >= 11 is 0. The van der Waals surface area contributed by atoms with Gasteiger partial charge in [0.05, 0.1) is 12.0 Å². The number of hydrogen-bond acceptors (Lipinski definition) is 5. The Kier molecular flexibility index (Phi) is 5.76. The zero-order valence-electron chi connectivity index (χ0n) is 8.64. The second kappa shape index (κ2) is 5.62. The van der Waals surface area contributed by atoms with E-state index in [0.29, 0.717) is 0 Å². The molecule has 0 bridgehead atoms. The third-order valence-corrected chi connectivity index (χ3v) is 2.72. The quantitative estimate of drug-likeness (QED) is 0.471. The van der Waals surface area contributed by atoms with Gasteiger partial charge in [0, 0.05) is 6.07 Å². The average Bonchev–Trinajstić information content (AvgIpc) is 2.06. The molecule has 0 radical (unpaired) electrons. The van der Waals surface area contributed by atoms with Crippen LogP contribution in [0.4, 0.5) is 0 Å². The molecule has 0 saturated heterocycles. The van der Waals surface area contributed by atoms with Crippen LogP contribution in [0.3, 0.4) is 0 Å². The molecule has 0 unspecified atom stereocenters. The number of phenols is 1. The molecule has 0 aliphatic rings. The second-order valence-corrected chi connectivity index (χ2v) is 4.09. The molecule has 15 heavy (non-hydrogen) atoms. The van der Waals surface area contributed by atoms with Crippen molar-refractivity contribution in [1.82, 2.24) is 0 Å². The van der Waals surface area contributed by atoms with Crippen molar-refractivity contribution in [3.8, 4) is 11.5 Å². The number of ether oxygens (including phenoxy) is 1. The van der Waals surface area contributed by atoms with Crippen LogP contribution in [0.15, 0.2) is 17.0 Å². The SMILES string of the molecule is COc1cc(C)c(S(=O)(=O)[O-])cc1O.[K+]. The summed E-state index contributed by atoms with van der Waals surface area (Å²) in [6.07, 6.45) is 0. The van der Waals surface area contributed by atoms with E-state index in [4.69, 9.17) is 4.74 Å². The minimum absolute atomic E-state index is 0. The third kappa shape index (κ3) is 3.70. The Balaban J connectivity index is 0.00000196. The Morgan fingerprint density at radius 3 is 2.33 bits per heavy atom. The number of benzene rings is 1. The van der Waals surface area contributed by atoms with Gasteiger partial charge in [-0.05, 0) is 18.6 Å². The molecule has 0 saturated carbocycles. The number of aromatic hydroxyl groups is 1. The Hall–Kier alpha value is 0.366. The molecule has 0 aliphatic carbocycles. The van der Waals surface area contributed by atoms with Crippen LogP contribution in [0.5, 0.6) is 11.5 Å². The summed E-state index contributed by atoms with van der Waals surface area (Å²) in [5, 5.41) is 9.25. The minimum atomic E-state index is -4.55. The van der Waals surface area contributed by atoms with Crippen LogP contribution >= 0.6 is 0 Å². The molecule has 0 aliphatic heterocycles. The van der Waals surface area contributed by atoms with E-state index in [1.807, 2.05) is 0 Å². The van der Waals surface area contributed by atoms with Crippen LogP contribution in [0.25, 0.3) is 0 Å². The molecular formula is C8H9KO5S. The van der Waals surface area contributed by atoms with Gasteiger partial charge in [-0.1, -0.05) is 0 Å². The monoisotopic (exact) mass is 256 g/mol. The fourth-order valence-corrected chi connectivity index (χ4v) is 1.79. The summed E-state index contributed by atoms with van der Waals surface area (Å²) in [5.41, 5.74) is 0.245. The molecule has 0 heterocycles. The zero-order chi connectivity index (χ0) is 10.9. The van der Waals surface area contributed by atoms with Crippen molar-refractivity contribution < 1.29 is 74.2 Å². The van der Waals surface area contributed by atoms with Crippen molar-refractivity contribution in [2.45, 2.75) is 11.8 Å². The maximum Gasteiger partial charge on any atom is 1.00 e. The first kappa shape index (κ1) is 15.4. The van der Waals surface area contributed by atoms with Gasteiger partial charge in [-0.25, -0.2) is 8.42 Å². The van der Waals surface area contributed by atoms with Crippen LogP contribution in [0.1, 0.15) is 5.56 Å². The number of hydrogen-bond donors (Lipinski definition) is 1. The van der Waals surface area contributed by atoms with Crippen LogP contribution in [0.2, 0.25) is 0 Å². The van der Waals surface area contributed by atoms with Crippen molar-refractivity contribution in [1.29, 1.82) is 0 Å². The van der Waals surface area contributed by atoms with E-state index in [1.54, 1.807) is 0 Å². The van der Waals surface area contributed by atoms with E-state index < -0.39 is 15.0 Å². The molecule has 0 amide bonds.